The van der Waals surface area contributed by atoms with Crippen LogP contribution in [0.15, 0.2) is 30.6 Å². The minimum absolute atomic E-state index is 0.00399. The summed E-state index contributed by atoms with van der Waals surface area (Å²) in [6, 6.07) is 3.44. The van der Waals surface area contributed by atoms with Crippen LogP contribution in [0.4, 0.5) is 10.1 Å². The summed E-state index contributed by atoms with van der Waals surface area (Å²) in [7, 11) is 1.74. The van der Waals surface area contributed by atoms with Crippen LogP contribution < -0.4 is 0 Å². The fraction of sp³-hybridized carbons (Fsp3) is 0.312. The zero-order chi connectivity index (χ0) is 18.1. The molecule has 0 aliphatic carbocycles. The average molecular weight is 346 g/mol. The fourth-order valence-corrected chi connectivity index (χ4v) is 2.97. The van der Waals surface area contributed by atoms with E-state index in [2.05, 4.69) is 5.10 Å². The minimum Gasteiger partial charge on any atom is -0.277 e. The predicted octanol–water partition coefficient (Wildman–Crippen LogP) is 1.59. The summed E-state index contributed by atoms with van der Waals surface area (Å²) in [6.45, 7) is -0.440. The third kappa shape index (κ3) is 3.25. The van der Waals surface area contributed by atoms with Crippen molar-refractivity contribution < 1.29 is 18.9 Å². The zero-order valence-electron chi connectivity index (χ0n) is 13.4. The number of amides is 2. The number of benzene rings is 1. The van der Waals surface area contributed by atoms with Crippen LogP contribution in [0.25, 0.3) is 0 Å². The molecule has 3 rings (SSSR count). The molecule has 25 heavy (non-hydrogen) atoms. The number of likely N-dealkylation sites (tertiary alicyclic amines) is 1. The number of rotatable bonds is 5. The molecule has 0 unspecified atom stereocenters. The van der Waals surface area contributed by atoms with Crippen LogP contribution >= 0.6 is 0 Å². The second-order valence-corrected chi connectivity index (χ2v) is 5.94. The van der Waals surface area contributed by atoms with E-state index in [4.69, 9.17) is 0 Å². The number of hydrogen-bond acceptors (Lipinski definition) is 5. The molecule has 2 heterocycles. The zero-order valence-corrected chi connectivity index (χ0v) is 13.4. The highest BCUT2D eigenvalue weighted by Crippen LogP contribution is 2.29. The number of aromatic nitrogens is 2. The third-order valence-electron chi connectivity index (χ3n) is 4.18. The van der Waals surface area contributed by atoms with Crippen molar-refractivity contribution in [2.24, 2.45) is 13.0 Å². The second-order valence-electron chi connectivity index (χ2n) is 5.94. The molecule has 2 aromatic rings. The molecular formula is C16H15FN4O4. The van der Waals surface area contributed by atoms with Gasteiger partial charge in [-0.1, -0.05) is 6.07 Å². The Kier molecular flexibility index (Phi) is 4.30. The molecule has 1 aliphatic heterocycles. The normalized spacial score (nSPS) is 17.4. The van der Waals surface area contributed by atoms with E-state index in [1.54, 1.807) is 24.1 Å². The van der Waals surface area contributed by atoms with Gasteiger partial charge in [-0.25, -0.2) is 4.39 Å². The van der Waals surface area contributed by atoms with Gasteiger partial charge in [0.05, 0.1) is 29.1 Å². The topological polar surface area (TPSA) is 98.3 Å². The Labute approximate surface area is 142 Å². The van der Waals surface area contributed by atoms with E-state index in [-0.39, 0.29) is 12.0 Å². The number of halogens is 1. The average Bonchev–Trinajstić information content (AvgIpc) is 3.07. The first-order valence-corrected chi connectivity index (χ1v) is 7.60. The standard InChI is InChI=1S/C16H15FN4O4/c1-19-8-10(7-18-19)5-11-6-15(22)20(16(11)23)9-12-13(17)3-2-4-14(12)21(24)25/h2-4,7-8,11H,5-6,9H2,1H3/t11-/m0/s1. The summed E-state index contributed by atoms with van der Waals surface area (Å²) in [5.74, 6) is -2.30. The van der Waals surface area contributed by atoms with Crippen molar-refractivity contribution in [2.75, 3.05) is 0 Å². The monoisotopic (exact) mass is 346 g/mol. The highest BCUT2D eigenvalue weighted by Gasteiger charge is 2.39. The molecule has 130 valence electrons. The molecule has 0 radical (unpaired) electrons. The molecule has 0 saturated carbocycles. The molecule has 1 atom stereocenters. The van der Waals surface area contributed by atoms with E-state index in [1.165, 1.54) is 6.07 Å². The van der Waals surface area contributed by atoms with E-state index >= 15 is 0 Å². The van der Waals surface area contributed by atoms with Gasteiger partial charge in [-0.3, -0.25) is 29.3 Å². The van der Waals surface area contributed by atoms with Crippen LogP contribution in [0.5, 0.6) is 0 Å². The van der Waals surface area contributed by atoms with E-state index in [0.717, 1.165) is 22.6 Å². The summed E-state index contributed by atoms with van der Waals surface area (Å²) >= 11 is 0. The van der Waals surface area contributed by atoms with E-state index in [0.29, 0.717) is 6.42 Å². The first-order valence-electron chi connectivity index (χ1n) is 7.60. The van der Waals surface area contributed by atoms with Gasteiger partial charge >= 0.3 is 0 Å². The number of nitrogens with zero attached hydrogens (tertiary/aromatic N) is 4. The number of carbonyl (C=O) groups is 2. The Balaban J connectivity index is 1.81. The van der Waals surface area contributed by atoms with Gasteiger partial charge in [-0.05, 0) is 18.1 Å². The Morgan fingerprint density at radius 3 is 2.80 bits per heavy atom. The van der Waals surface area contributed by atoms with Gasteiger partial charge in [0.25, 0.3) is 5.69 Å². The van der Waals surface area contributed by atoms with E-state index < -0.39 is 40.7 Å². The number of carbonyl (C=O) groups excluding carboxylic acids is 2. The van der Waals surface area contributed by atoms with Crippen molar-refractivity contribution in [1.29, 1.82) is 0 Å². The van der Waals surface area contributed by atoms with Gasteiger partial charge in [0.2, 0.25) is 11.8 Å². The number of imide groups is 1. The third-order valence-corrected chi connectivity index (χ3v) is 4.18. The molecule has 8 nitrogen and oxygen atoms in total. The molecule has 1 fully saturated rings. The maximum Gasteiger partial charge on any atom is 0.277 e. The van der Waals surface area contributed by atoms with Crippen LogP contribution in [-0.2, 0) is 29.6 Å². The largest absolute Gasteiger partial charge is 0.277 e. The molecule has 1 aromatic heterocycles. The Hall–Kier alpha value is -3.10. The highest BCUT2D eigenvalue weighted by molar-refractivity contribution is 6.03. The van der Waals surface area contributed by atoms with Crippen LogP contribution in [0, 0.1) is 21.8 Å². The first-order chi connectivity index (χ1) is 11.9. The Morgan fingerprint density at radius 2 is 2.16 bits per heavy atom. The molecule has 1 aliphatic rings. The van der Waals surface area contributed by atoms with E-state index in [1.807, 2.05) is 0 Å². The van der Waals surface area contributed by atoms with Gasteiger partial charge in [-0.15, -0.1) is 0 Å². The highest BCUT2D eigenvalue weighted by atomic mass is 19.1. The van der Waals surface area contributed by atoms with Crippen molar-refractivity contribution in [2.45, 2.75) is 19.4 Å². The quantitative estimate of drug-likeness (QED) is 0.465. The summed E-state index contributed by atoms with van der Waals surface area (Å²) in [4.78, 5) is 35.9. The summed E-state index contributed by atoms with van der Waals surface area (Å²) in [5.41, 5.74) is 0.0971. The van der Waals surface area contributed by atoms with Crippen molar-refractivity contribution in [3.8, 4) is 0 Å². The van der Waals surface area contributed by atoms with Crippen molar-refractivity contribution >= 4 is 17.5 Å². The molecule has 1 aromatic carbocycles. The lowest BCUT2D eigenvalue weighted by atomic mass is 10.0. The second kappa shape index (κ2) is 6.42. The maximum atomic E-state index is 14.0. The van der Waals surface area contributed by atoms with Gasteiger partial charge < -0.3 is 0 Å². The SMILES string of the molecule is Cn1cc(C[C@H]2CC(=O)N(Cc3c(F)cccc3[N+](=O)[O-])C2=O)cn1. The van der Waals surface area contributed by atoms with Crippen LogP contribution in [-0.4, -0.2) is 31.4 Å². The predicted molar refractivity (Wildman–Crippen MR) is 83.6 cm³/mol. The smallest absolute Gasteiger partial charge is 0.277 e. The number of nitro groups is 1. The number of aryl methyl sites for hydroxylation is 1. The van der Waals surface area contributed by atoms with Gasteiger partial charge in [0.1, 0.15) is 5.82 Å². The molecule has 9 heteroatoms. The molecular weight excluding hydrogens is 331 g/mol. The lowest BCUT2D eigenvalue weighted by Crippen LogP contribution is -2.31. The van der Waals surface area contributed by atoms with E-state index in [9.17, 15) is 24.1 Å². The van der Waals surface area contributed by atoms with Crippen molar-refractivity contribution in [1.82, 2.24) is 14.7 Å². The fourth-order valence-electron chi connectivity index (χ4n) is 2.97. The van der Waals surface area contributed by atoms with Crippen LogP contribution in [0.3, 0.4) is 0 Å². The Bertz CT molecular complexity index is 864. The van der Waals surface area contributed by atoms with Crippen LogP contribution in [0.2, 0.25) is 0 Å². The molecule has 0 bridgehead atoms. The Morgan fingerprint density at radius 1 is 1.40 bits per heavy atom. The number of hydrogen-bond donors (Lipinski definition) is 0. The van der Waals surface area contributed by atoms with Gasteiger partial charge in [-0.2, -0.15) is 5.10 Å². The van der Waals surface area contributed by atoms with Gasteiger partial charge in [0.15, 0.2) is 0 Å². The molecule has 0 N–H and O–H groups in total. The molecule has 2 amide bonds. The van der Waals surface area contributed by atoms with Crippen LogP contribution in [0.1, 0.15) is 17.5 Å². The number of nitro benzene ring substituents is 1. The summed E-state index contributed by atoms with van der Waals surface area (Å²) in [6.07, 6.45) is 3.70. The molecule has 0 spiro atoms. The minimum atomic E-state index is -0.814. The lowest BCUT2D eigenvalue weighted by Gasteiger charge is -2.15. The maximum absolute atomic E-state index is 14.0. The lowest BCUT2D eigenvalue weighted by molar-refractivity contribution is -0.385. The van der Waals surface area contributed by atoms with Crippen molar-refractivity contribution in [3.63, 3.8) is 0 Å². The van der Waals surface area contributed by atoms with Gasteiger partial charge in [0, 0.05) is 25.7 Å². The summed E-state index contributed by atoms with van der Waals surface area (Å²) in [5, 5.41) is 15.1. The summed E-state index contributed by atoms with van der Waals surface area (Å²) < 4.78 is 15.6. The molecule has 1 saturated heterocycles. The first kappa shape index (κ1) is 16.7. The van der Waals surface area contributed by atoms with Crippen molar-refractivity contribution in [3.05, 3.63) is 57.7 Å².